The van der Waals surface area contributed by atoms with Gasteiger partial charge in [-0.15, -0.1) is 0 Å². The van der Waals surface area contributed by atoms with Crippen molar-refractivity contribution in [1.29, 1.82) is 0 Å². The maximum atomic E-state index is 13.0. The van der Waals surface area contributed by atoms with Crippen molar-refractivity contribution in [3.8, 4) is 0 Å². The number of aliphatic hydroxyl groups is 5. The van der Waals surface area contributed by atoms with Gasteiger partial charge in [0.05, 0.1) is 32.0 Å². The first-order valence-electron chi connectivity index (χ1n) is 33.1. The second-order valence-corrected chi connectivity index (χ2v) is 22.8. The van der Waals surface area contributed by atoms with Gasteiger partial charge in [0, 0.05) is 12.8 Å². The molecule has 0 saturated carbocycles. The number of aliphatic hydroxyl groups excluding tert-OH is 5. The average Bonchev–Trinajstić information content (AvgIpc) is 3.46. The summed E-state index contributed by atoms with van der Waals surface area (Å²) in [6.45, 7) is 4.28. The number of unbranched alkanes of at least 4 members (excludes halogenated alkanes) is 35. The molecule has 0 aromatic rings. The molecule has 11 heteroatoms. The first-order chi connectivity index (χ1) is 38.7. The van der Waals surface area contributed by atoms with Gasteiger partial charge in [-0.1, -0.05) is 254 Å². The third kappa shape index (κ3) is 46.5. The number of carbonyl (C=O) groups excluding carboxylic acids is 2. The molecule has 1 saturated heterocycles. The van der Waals surface area contributed by atoms with Crippen LogP contribution in [-0.2, 0) is 23.8 Å². The number of nitrogens with one attached hydrogen (secondary N) is 1. The van der Waals surface area contributed by atoms with Gasteiger partial charge in [0.2, 0.25) is 5.91 Å². The highest BCUT2D eigenvalue weighted by atomic mass is 16.7. The summed E-state index contributed by atoms with van der Waals surface area (Å²) in [7, 11) is 0. The molecule has 460 valence electrons. The predicted molar refractivity (Wildman–Crippen MR) is 329 cm³/mol. The number of hydrogen-bond acceptors (Lipinski definition) is 10. The van der Waals surface area contributed by atoms with Crippen molar-refractivity contribution >= 4 is 11.9 Å². The molecule has 0 bridgehead atoms. The van der Waals surface area contributed by atoms with Crippen LogP contribution in [0.4, 0.5) is 0 Å². The summed E-state index contributed by atoms with van der Waals surface area (Å²) in [5, 5.41) is 54.3. The van der Waals surface area contributed by atoms with Crippen LogP contribution in [0.15, 0.2) is 60.8 Å². The predicted octanol–water partition coefficient (Wildman–Crippen LogP) is 16.2. The summed E-state index contributed by atoms with van der Waals surface area (Å²) in [5.41, 5.74) is 0. The van der Waals surface area contributed by atoms with E-state index in [4.69, 9.17) is 14.2 Å². The van der Waals surface area contributed by atoms with E-state index in [0.717, 1.165) is 83.5 Å². The zero-order valence-corrected chi connectivity index (χ0v) is 50.8. The summed E-state index contributed by atoms with van der Waals surface area (Å²) in [5.74, 6) is -0.201. The monoisotopic (exact) mass is 1110 g/mol. The first-order valence-corrected chi connectivity index (χ1v) is 33.1. The lowest BCUT2D eigenvalue weighted by Crippen LogP contribution is -2.60. The Hall–Kier alpha value is -2.64. The number of carbonyl (C=O) groups is 2. The van der Waals surface area contributed by atoms with Crippen LogP contribution in [-0.4, -0.2) is 100 Å². The number of allylic oxidation sites excluding steroid dienone is 9. The van der Waals surface area contributed by atoms with Crippen LogP contribution in [0.25, 0.3) is 0 Å². The van der Waals surface area contributed by atoms with E-state index in [1.54, 1.807) is 6.08 Å². The second kappa shape index (κ2) is 57.2. The lowest BCUT2D eigenvalue weighted by molar-refractivity contribution is -0.302. The standard InChI is InChI=1S/C68H123NO10/c1-3-5-7-9-11-13-15-16-33-36-40-44-48-52-56-64(73)77-57-53-49-45-41-37-34-31-29-27-25-23-21-19-17-18-20-22-24-26-28-30-32-35-39-43-47-51-55-63(72)69-60(59-78-68-67(76)66(75)65(74)62(58-70)79-68)61(71)54-50-46-42-38-14-12-10-8-6-4-2/h9,11,15-18,21,23,50,54,60-62,65-68,70-71,74-76H,3-8,10,12-14,19-20,22,24-49,51-53,55-59H2,1-2H3,(H,69,72)/b11-9-,16-15-,18-17-,23-21-,54-50+. The molecule has 0 radical (unpaired) electrons. The minimum atomic E-state index is -1.57. The fraction of sp³-hybridized carbons (Fsp3) is 0.824. The molecule has 1 amide bonds. The van der Waals surface area contributed by atoms with Gasteiger partial charge in [0.1, 0.15) is 24.4 Å². The molecule has 0 aromatic carbocycles. The van der Waals surface area contributed by atoms with Crippen LogP contribution >= 0.6 is 0 Å². The van der Waals surface area contributed by atoms with Gasteiger partial charge in [-0.05, 0) is 89.9 Å². The molecule has 1 heterocycles. The number of rotatable bonds is 57. The van der Waals surface area contributed by atoms with E-state index >= 15 is 0 Å². The zero-order valence-electron chi connectivity index (χ0n) is 50.8. The lowest BCUT2D eigenvalue weighted by atomic mass is 9.99. The van der Waals surface area contributed by atoms with Crippen LogP contribution in [0.5, 0.6) is 0 Å². The summed E-state index contributed by atoms with van der Waals surface area (Å²) in [6.07, 6.45) is 64.8. The molecule has 0 aromatic heterocycles. The van der Waals surface area contributed by atoms with E-state index in [0.29, 0.717) is 19.4 Å². The van der Waals surface area contributed by atoms with Gasteiger partial charge in [0.25, 0.3) is 0 Å². The van der Waals surface area contributed by atoms with Crippen molar-refractivity contribution in [3.05, 3.63) is 60.8 Å². The minimum absolute atomic E-state index is 0.0142. The SMILES string of the molecule is CCCC/C=C\C/C=C\CCCCCCCC(=O)OCCCCCCCCCCC/C=C\C/C=C\CCCCCCCCCCCCCC(=O)NC(COC1OC(CO)C(O)C(O)C1O)C(O)/C=C/CCCCCCCCCC. The Morgan fingerprint density at radius 3 is 1.32 bits per heavy atom. The molecule has 0 spiro atoms. The van der Waals surface area contributed by atoms with Gasteiger partial charge in [-0.2, -0.15) is 0 Å². The van der Waals surface area contributed by atoms with Gasteiger partial charge in [-0.25, -0.2) is 0 Å². The molecular weight excluding hydrogens is 991 g/mol. The van der Waals surface area contributed by atoms with Crippen molar-refractivity contribution in [2.75, 3.05) is 19.8 Å². The third-order valence-corrected chi connectivity index (χ3v) is 15.3. The van der Waals surface area contributed by atoms with E-state index in [1.807, 2.05) is 6.08 Å². The first kappa shape index (κ1) is 74.4. The fourth-order valence-corrected chi connectivity index (χ4v) is 10.1. The van der Waals surface area contributed by atoms with Crippen molar-refractivity contribution in [1.82, 2.24) is 5.32 Å². The maximum absolute atomic E-state index is 13.0. The Labute approximate surface area is 484 Å². The van der Waals surface area contributed by atoms with E-state index < -0.39 is 49.5 Å². The maximum Gasteiger partial charge on any atom is 0.305 e. The second-order valence-electron chi connectivity index (χ2n) is 22.8. The molecule has 0 aliphatic carbocycles. The molecular formula is C68H123NO10. The lowest BCUT2D eigenvalue weighted by Gasteiger charge is -2.40. The minimum Gasteiger partial charge on any atom is -0.466 e. The topological polar surface area (TPSA) is 175 Å². The van der Waals surface area contributed by atoms with Crippen molar-refractivity contribution in [2.45, 2.75) is 339 Å². The van der Waals surface area contributed by atoms with Crippen molar-refractivity contribution in [3.63, 3.8) is 0 Å². The largest absolute Gasteiger partial charge is 0.466 e. The fourth-order valence-electron chi connectivity index (χ4n) is 10.1. The Morgan fingerprint density at radius 2 is 0.861 bits per heavy atom. The molecule has 79 heavy (non-hydrogen) atoms. The van der Waals surface area contributed by atoms with E-state index in [2.05, 4.69) is 67.8 Å². The van der Waals surface area contributed by atoms with Gasteiger partial charge < -0.3 is 45.1 Å². The summed E-state index contributed by atoms with van der Waals surface area (Å²) in [6, 6.07) is -0.812. The Balaban J connectivity index is 1.99. The quantitative estimate of drug-likeness (QED) is 0.0195. The highest BCUT2D eigenvalue weighted by Crippen LogP contribution is 2.23. The number of esters is 1. The van der Waals surface area contributed by atoms with Crippen LogP contribution in [0.1, 0.15) is 296 Å². The summed E-state index contributed by atoms with van der Waals surface area (Å²) in [4.78, 5) is 25.1. The number of amides is 1. The number of ether oxygens (including phenoxy) is 3. The Bertz CT molecular complexity index is 1500. The normalized spacial score (nSPS) is 18.8. The van der Waals surface area contributed by atoms with E-state index in [9.17, 15) is 35.1 Å². The Morgan fingerprint density at radius 1 is 0.468 bits per heavy atom. The molecule has 11 nitrogen and oxygen atoms in total. The molecule has 7 atom stereocenters. The zero-order chi connectivity index (χ0) is 57.3. The van der Waals surface area contributed by atoms with E-state index in [1.165, 1.54) is 186 Å². The Kier molecular flexibility index (Phi) is 53.8. The summed E-state index contributed by atoms with van der Waals surface area (Å²) >= 11 is 0. The van der Waals surface area contributed by atoms with Gasteiger partial charge >= 0.3 is 5.97 Å². The molecule has 1 fully saturated rings. The molecule has 1 rings (SSSR count). The smallest absolute Gasteiger partial charge is 0.305 e. The molecule has 6 N–H and O–H groups in total. The van der Waals surface area contributed by atoms with Crippen molar-refractivity contribution in [2.24, 2.45) is 0 Å². The third-order valence-electron chi connectivity index (χ3n) is 15.3. The highest BCUT2D eigenvalue weighted by molar-refractivity contribution is 5.76. The van der Waals surface area contributed by atoms with Crippen LogP contribution in [0, 0.1) is 0 Å². The van der Waals surface area contributed by atoms with E-state index in [-0.39, 0.29) is 18.5 Å². The molecule has 1 aliphatic rings. The summed E-state index contributed by atoms with van der Waals surface area (Å²) < 4.78 is 16.7. The van der Waals surface area contributed by atoms with Crippen molar-refractivity contribution < 1.29 is 49.3 Å². The van der Waals surface area contributed by atoms with Gasteiger partial charge in [-0.3, -0.25) is 9.59 Å². The van der Waals surface area contributed by atoms with Crippen LogP contribution in [0.3, 0.4) is 0 Å². The van der Waals surface area contributed by atoms with Crippen LogP contribution < -0.4 is 5.32 Å². The molecule has 1 aliphatic heterocycles. The average molecular weight is 1110 g/mol. The highest BCUT2D eigenvalue weighted by Gasteiger charge is 2.44. The van der Waals surface area contributed by atoms with Crippen LogP contribution in [0.2, 0.25) is 0 Å². The number of hydrogen-bond donors (Lipinski definition) is 6. The molecule has 7 unspecified atom stereocenters. The van der Waals surface area contributed by atoms with Gasteiger partial charge in [0.15, 0.2) is 6.29 Å².